The minimum Gasteiger partial charge on any atom is -0.346 e. The van der Waals surface area contributed by atoms with E-state index in [9.17, 15) is 14.9 Å². The van der Waals surface area contributed by atoms with Crippen LogP contribution in [0, 0.1) is 11.3 Å². The molecular formula is C16H20N6O3. The van der Waals surface area contributed by atoms with Crippen molar-refractivity contribution in [2.45, 2.75) is 38.6 Å². The van der Waals surface area contributed by atoms with Crippen LogP contribution >= 0.6 is 0 Å². The Labute approximate surface area is 144 Å². The standard InChI is InChI=1S/C16H20N6O3/c1-9(2)13-18-12(19-25-13)11-6-5-7-22(11)14-10(8-17)15(23)21(4)16(24)20(14)3/h9,11H,5-7H2,1-4H3/t11-/m0/s1. The third kappa shape index (κ3) is 2.63. The van der Waals surface area contributed by atoms with Crippen molar-refractivity contribution in [1.82, 2.24) is 19.3 Å². The van der Waals surface area contributed by atoms with Gasteiger partial charge in [-0.25, -0.2) is 4.79 Å². The molecule has 0 bridgehead atoms. The number of aromatic nitrogens is 4. The number of anilines is 1. The van der Waals surface area contributed by atoms with Crippen LogP contribution in [0.2, 0.25) is 0 Å². The van der Waals surface area contributed by atoms with E-state index in [0.29, 0.717) is 24.1 Å². The lowest BCUT2D eigenvalue weighted by atomic mass is 10.2. The minimum absolute atomic E-state index is 0.0518. The highest BCUT2D eigenvalue weighted by atomic mass is 16.5. The highest BCUT2D eigenvalue weighted by molar-refractivity contribution is 5.55. The Morgan fingerprint density at radius 3 is 2.60 bits per heavy atom. The molecule has 9 heteroatoms. The first-order valence-corrected chi connectivity index (χ1v) is 8.17. The number of hydrogen-bond acceptors (Lipinski definition) is 7. The van der Waals surface area contributed by atoms with Gasteiger partial charge < -0.3 is 9.42 Å². The fourth-order valence-electron chi connectivity index (χ4n) is 3.17. The van der Waals surface area contributed by atoms with E-state index >= 15 is 0 Å². The summed E-state index contributed by atoms with van der Waals surface area (Å²) in [6.45, 7) is 4.52. The summed E-state index contributed by atoms with van der Waals surface area (Å²) in [6.07, 6.45) is 1.59. The summed E-state index contributed by atoms with van der Waals surface area (Å²) in [7, 11) is 2.92. The van der Waals surface area contributed by atoms with Crippen LogP contribution in [0.15, 0.2) is 14.1 Å². The molecule has 9 nitrogen and oxygen atoms in total. The average Bonchev–Trinajstić information content (AvgIpc) is 3.24. The molecule has 132 valence electrons. The number of nitriles is 1. The lowest BCUT2D eigenvalue weighted by Crippen LogP contribution is -2.42. The molecule has 25 heavy (non-hydrogen) atoms. The van der Waals surface area contributed by atoms with Gasteiger partial charge in [0.05, 0.1) is 6.04 Å². The zero-order chi connectivity index (χ0) is 18.3. The fourth-order valence-corrected chi connectivity index (χ4v) is 3.17. The maximum Gasteiger partial charge on any atom is 0.332 e. The van der Waals surface area contributed by atoms with Crippen LogP contribution in [0.1, 0.15) is 55.9 Å². The van der Waals surface area contributed by atoms with E-state index in [0.717, 1.165) is 17.4 Å². The van der Waals surface area contributed by atoms with Crippen LogP contribution in [0.5, 0.6) is 0 Å². The lowest BCUT2D eigenvalue weighted by Gasteiger charge is -2.27. The van der Waals surface area contributed by atoms with Crippen molar-refractivity contribution in [1.29, 1.82) is 5.26 Å². The third-order valence-corrected chi connectivity index (χ3v) is 4.52. The van der Waals surface area contributed by atoms with Gasteiger partial charge in [-0.3, -0.25) is 13.9 Å². The molecule has 0 unspecified atom stereocenters. The van der Waals surface area contributed by atoms with Crippen LogP contribution in [0.3, 0.4) is 0 Å². The second kappa shape index (κ2) is 6.20. The quantitative estimate of drug-likeness (QED) is 0.810. The SMILES string of the molecule is CC(C)c1nc([C@@H]2CCCN2c2c(C#N)c(=O)n(C)c(=O)n2C)no1. The first-order chi connectivity index (χ1) is 11.9. The smallest absolute Gasteiger partial charge is 0.332 e. The van der Waals surface area contributed by atoms with Gasteiger partial charge >= 0.3 is 5.69 Å². The van der Waals surface area contributed by atoms with Crippen molar-refractivity contribution < 1.29 is 4.52 Å². The van der Waals surface area contributed by atoms with Crippen LogP contribution in [0.4, 0.5) is 5.82 Å². The maximum atomic E-state index is 12.3. The molecule has 0 amide bonds. The van der Waals surface area contributed by atoms with Crippen LogP contribution in [-0.4, -0.2) is 25.8 Å². The van der Waals surface area contributed by atoms with Crippen molar-refractivity contribution in [3.8, 4) is 6.07 Å². The Morgan fingerprint density at radius 1 is 1.28 bits per heavy atom. The van der Waals surface area contributed by atoms with E-state index in [1.165, 1.54) is 11.6 Å². The van der Waals surface area contributed by atoms with Gasteiger partial charge in [0.2, 0.25) is 5.89 Å². The van der Waals surface area contributed by atoms with Gasteiger partial charge in [-0.1, -0.05) is 19.0 Å². The molecule has 1 aliphatic heterocycles. The molecule has 1 fully saturated rings. The monoisotopic (exact) mass is 344 g/mol. The van der Waals surface area contributed by atoms with Gasteiger partial charge in [0, 0.05) is 26.6 Å². The second-order valence-electron chi connectivity index (χ2n) is 6.51. The van der Waals surface area contributed by atoms with Crippen LogP contribution in [0.25, 0.3) is 0 Å². The molecule has 3 heterocycles. The first-order valence-electron chi connectivity index (χ1n) is 8.17. The molecule has 0 spiro atoms. The van der Waals surface area contributed by atoms with E-state index in [4.69, 9.17) is 4.52 Å². The number of rotatable bonds is 3. The van der Waals surface area contributed by atoms with Crippen LogP contribution in [-0.2, 0) is 14.1 Å². The maximum absolute atomic E-state index is 12.3. The highest BCUT2D eigenvalue weighted by Crippen LogP contribution is 2.35. The van der Waals surface area contributed by atoms with Gasteiger partial charge in [0.1, 0.15) is 11.9 Å². The molecule has 1 atom stereocenters. The average molecular weight is 344 g/mol. The summed E-state index contributed by atoms with van der Waals surface area (Å²) in [6, 6.07) is 1.71. The normalized spacial score (nSPS) is 17.3. The summed E-state index contributed by atoms with van der Waals surface area (Å²) in [5, 5.41) is 13.5. The topological polar surface area (TPSA) is 110 Å². The van der Waals surface area contributed by atoms with Crippen molar-refractivity contribution >= 4 is 5.82 Å². The predicted octanol–water partition coefficient (Wildman–Crippen LogP) is 0.804. The first kappa shape index (κ1) is 17.0. The zero-order valence-corrected chi connectivity index (χ0v) is 14.7. The Hall–Kier alpha value is -2.89. The summed E-state index contributed by atoms with van der Waals surface area (Å²) in [4.78, 5) is 30.9. The molecule has 0 aliphatic carbocycles. The molecule has 3 rings (SSSR count). The van der Waals surface area contributed by atoms with Gasteiger partial charge in [0.25, 0.3) is 5.56 Å². The third-order valence-electron chi connectivity index (χ3n) is 4.52. The van der Waals surface area contributed by atoms with Crippen LogP contribution < -0.4 is 16.1 Å². The summed E-state index contributed by atoms with van der Waals surface area (Å²) in [5.41, 5.74) is -1.12. The molecule has 0 radical (unpaired) electrons. The summed E-state index contributed by atoms with van der Waals surface area (Å²) >= 11 is 0. The molecule has 0 N–H and O–H groups in total. The molecule has 1 aliphatic rings. The van der Waals surface area contributed by atoms with E-state index in [1.807, 2.05) is 24.8 Å². The van der Waals surface area contributed by atoms with Crippen molar-refractivity contribution in [2.75, 3.05) is 11.4 Å². The molecule has 0 saturated carbocycles. The van der Waals surface area contributed by atoms with Gasteiger partial charge in [-0.05, 0) is 12.8 Å². The molecule has 1 saturated heterocycles. The molecular weight excluding hydrogens is 324 g/mol. The largest absolute Gasteiger partial charge is 0.346 e. The zero-order valence-electron chi connectivity index (χ0n) is 14.7. The highest BCUT2D eigenvalue weighted by Gasteiger charge is 2.34. The van der Waals surface area contributed by atoms with E-state index in [2.05, 4.69) is 10.1 Å². The van der Waals surface area contributed by atoms with Gasteiger partial charge in [-0.15, -0.1) is 0 Å². The minimum atomic E-state index is -0.595. The van der Waals surface area contributed by atoms with E-state index in [1.54, 1.807) is 7.05 Å². The Balaban J connectivity index is 2.14. The van der Waals surface area contributed by atoms with E-state index in [-0.39, 0.29) is 17.5 Å². The molecule has 0 aromatic carbocycles. The lowest BCUT2D eigenvalue weighted by molar-refractivity contribution is 0.357. The summed E-state index contributed by atoms with van der Waals surface area (Å²) in [5.74, 6) is 1.48. The Kier molecular flexibility index (Phi) is 4.20. The van der Waals surface area contributed by atoms with Crippen molar-refractivity contribution in [3.63, 3.8) is 0 Å². The Morgan fingerprint density at radius 2 is 2.00 bits per heavy atom. The van der Waals surface area contributed by atoms with E-state index < -0.39 is 11.2 Å². The summed E-state index contributed by atoms with van der Waals surface area (Å²) < 4.78 is 7.57. The number of nitrogens with zero attached hydrogens (tertiary/aromatic N) is 6. The predicted molar refractivity (Wildman–Crippen MR) is 89.3 cm³/mol. The fraction of sp³-hybridized carbons (Fsp3) is 0.562. The van der Waals surface area contributed by atoms with Crippen molar-refractivity contribution in [2.24, 2.45) is 14.1 Å². The van der Waals surface area contributed by atoms with Gasteiger partial charge in [0.15, 0.2) is 11.4 Å². The Bertz CT molecular complexity index is 962. The second-order valence-corrected chi connectivity index (χ2v) is 6.51. The molecule has 2 aromatic rings. The molecule has 2 aromatic heterocycles. The van der Waals surface area contributed by atoms with Gasteiger partial charge in [-0.2, -0.15) is 10.2 Å². The number of hydrogen-bond donors (Lipinski definition) is 0. The van der Waals surface area contributed by atoms with Crippen molar-refractivity contribution in [3.05, 3.63) is 38.1 Å².